The molecule has 0 saturated heterocycles. The highest BCUT2D eigenvalue weighted by Crippen LogP contribution is 2.32. The molecule has 1 aliphatic carbocycles. The summed E-state index contributed by atoms with van der Waals surface area (Å²) in [6.07, 6.45) is 5.06. The second-order valence-electron chi connectivity index (χ2n) is 2.98. The molecule has 1 saturated carbocycles. The molecule has 1 aliphatic rings. The lowest BCUT2D eigenvalue weighted by Gasteiger charge is -2.23. The average molecular weight is 284 g/mol. The van der Waals surface area contributed by atoms with Gasteiger partial charge < -0.3 is 0 Å². The third-order valence-electron chi connectivity index (χ3n) is 1.94. The molecule has 1 fully saturated rings. The lowest BCUT2D eigenvalue weighted by Crippen LogP contribution is -2.16. The number of hydrogen-bond acceptors (Lipinski definition) is 2. The van der Waals surface area contributed by atoms with E-state index >= 15 is 0 Å². The van der Waals surface area contributed by atoms with Crippen LogP contribution in [-0.4, -0.2) is 14.3 Å². The molecule has 0 amide bonds. The number of carbonyl (C=O) groups excluding carboxylic acids is 1. The van der Waals surface area contributed by atoms with Gasteiger partial charge in [0, 0.05) is 16.1 Å². The molecule has 11 heavy (non-hydrogen) atoms. The van der Waals surface area contributed by atoms with Gasteiger partial charge in [-0.1, -0.05) is 34.4 Å². The van der Waals surface area contributed by atoms with Crippen LogP contribution in [-0.2, 0) is 4.79 Å². The van der Waals surface area contributed by atoms with Crippen molar-refractivity contribution >= 4 is 39.5 Å². The smallest absolute Gasteiger partial charge is 0.186 e. The molecule has 64 valence electrons. The number of rotatable bonds is 1. The summed E-state index contributed by atoms with van der Waals surface area (Å²) in [7, 11) is 0. The summed E-state index contributed by atoms with van der Waals surface area (Å²) in [5.41, 5.74) is 0. The van der Waals surface area contributed by atoms with Gasteiger partial charge in [0.1, 0.15) is 0 Å². The SMILES string of the molecule is CC(=O)SC1CCC(I)CC1. The van der Waals surface area contributed by atoms with Crippen LogP contribution in [0.5, 0.6) is 0 Å². The Morgan fingerprint density at radius 2 is 1.91 bits per heavy atom. The van der Waals surface area contributed by atoms with Gasteiger partial charge in [-0.05, 0) is 25.7 Å². The van der Waals surface area contributed by atoms with Crippen molar-refractivity contribution in [3.63, 3.8) is 0 Å². The lowest BCUT2D eigenvalue weighted by molar-refractivity contribution is -0.109. The zero-order valence-corrected chi connectivity index (χ0v) is 9.65. The summed E-state index contributed by atoms with van der Waals surface area (Å²) < 4.78 is 0.858. The fraction of sp³-hybridized carbons (Fsp3) is 0.875. The first kappa shape index (κ1) is 9.84. The third-order valence-corrected chi connectivity index (χ3v) is 4.32. The monoisotopic (exact) mass is 284 g/mol. The Balaban J connectivity index is 2.22. The van der Waals surface area contributed by atoms with Crippen LogP contribution in [0.4, 0.5) is 0 Å². The summed E-state index contributed by atoms with van der Waals surface area (Å²) in [6, 6.07) is 0. The third kappa shape index (κ3) is 3.78. The van der Waals surface area contributed by atoms with E-state index in [9.17, 15) is 4.79 Å². The van der Waals surface area contributed by atoms with E-state index in [0.29, 0.717) is 5.25 Å². The molecular weight excluding hydrogens is 271 g/mol. The van der Waals surface area contributed by atoms with Gasteiger partial charge in [-0.25, -0.2) is 0 Å². The van der Waals surface area contributed by atoms with Crippen LogP contribution in [0.2, 0.25) is 0 Å². The minimum absolute atomic E-state index is 0.280. The van der Waals surface area contributed by atoms with Crippen LogP contribution in [0.3, 0.4) is 0 Å². The molecule has 0 atom stereocenters. The van der Waals surface area contributed by atoms with E-state index in [4.69, 9.17) is 0 Å². The highest BCUT2D eigenvalue weighted by Gasteiger charge is 2.20. The molecule has 0 unspecified atom stereocenters. The van der Waals surface area contributed by atoms with Gasteiger partial charge >= 0.3 is 0 Å². The first-order valence-corrected chi connectivity index (χ1v) is 6.12. The maximum atomic E-state index is 10.8. The van der Waals surface area contributed by atoms with Gasteiger partial charge in [-0.3, -0.25) is 4.79 Å². The van der Waals surface area contributed by atoms with Crippen LogP contribution in [0.1, 0.15) is 32.6 Å². The summed E-state index contributed by atoms with van der Waals surface area (Å²) in [6.45, 7) is 1.67. The molecule has 0 N–H and O–H groups in total. The van der Waals surface area contributed by atoms with Crippen molar-refractivity contribution in [3.8, 4) is 0 Å². The molecule has 0 aromatic rings. The summed E-state index contributed by atoms with van der Waals surface area (Å²) in [5, 5.41) is 0.903. The van der Waals surface area contributed by atoms with E-state index in [2.05, 4.69) is 22.6 Å². The summed E-state index contributed by atoms with van der Waals surface area (Å²) >= 11 is 4.04. The van der Waals surface area contributed by atoms with E-state index < -0.39 is 0 Å². The zero-order valence-electron chi connectivity index (χ0n) is 6.68. The topological polar surface area (TPSA) is 17.1 Å². The summed E-state index contributed by atoms with van der Waals surface area (Å²) in [4.78, 5) is 10.8. The van der Waals surface area contributed by atoms with Crippen LogP contribution >= 0.6 is 34.4 Å². The Labute approximate surface area is 85.8 Å². The zero-order chi connectivity index (χ0) is 8.27. The minimum Gasteiger partial charge on any atom is -0.288 e. The number of thioether (sulfide) groups is 1. The normalized spacial score (nSPS) is 31.8. The molecule has 0 aromatic heterocycles. The van der Waals surface area contributed by atoms with Gasteiger partial charge in [0.25, 0.3) is 0 Å². The Hall–Kier alpha value is 0.750. The second kappa shape index (κ2) is 4.70. The van der Waals surface area contributed by atoms with E-state index in [0.717, 1.165) is 3.92 Å². The molecule has 3 heteroatoms. The van der Waals surface area contributed by atoms with Gasteiger partial charge in [-0.15, -0.1) is 0 Å². The van der Waals surface area contributed by atoms with Crippen molar-refractivity contribution in [1.29, 1.82) is 0 Å². The molecule has 0 radical (unpaired) electrons. The highest BCUT2D eigenvalue weighted by atomic mass is 127. The van der Waals surface area contributed by atoms with E-state index in [1.54, 1.807) is 6.92 Å². The maximum Gasteiger partial charge on any atom is 0.186 e. The van der Waals surface area contributed by atoms with E-state index in [1.165, 1.54) is 37.4 Å². The Morgan fingerprint density at radius 1 is 1.36 bits per heavy atom. The van der Waals surface area contributed by atoms with Gasteiger partial charge in [0.15, 0.2) is 5.12 Å². The van der Waals surface area contributed by atoms with Crippen molar-refractivity contribution in [2.75, 3.05) is 0 Å². The Bertz CT molecular complexity index is 141. The average Bonchev–Trinajstić information content (AvgIpc) is 1.93. The Kier molecular flexibility index (Phi) is 4.20. The molecule has 1 nitrogen and oxygen atoms in total. The highest BCUT2D eigenvalue weighted by molar-refractivity contribution is 14.1. The first-order chi connectivity index (χ1) is 5.18. The number of halogens is 1. The quantitative estimate of drug-likeness (QED) is 0.544. The fourth-order valence-corrected chi connectivity index (χ4v) is 3.07. The van der Waals surface area contributed by atoms with Crippen molar-refractivity contribution in [1.82, 2.24) is 0 Å². The van der Waals surface area contributed by atoms with Crippen LogP contribution in [0.25, 0.3) is 0 Å². The fourth-order valence-electron chi connectivity index (χ4n) is 1.37. The second-order valence-corrected chi connectivity index (χ2v) is 6.22. The predicted octanol–water partition coefficient (Wildman–Crippen LogP) is 3.01. The molecule has 0 aromatic carbocycles. The largest absolute Gasteiger partial charge is 0.288 e. The van der Waals surface area contributed by atoms with Gasteiger partial charge in [0.05, 0.1) is 0 Å². The molecule has 0 aliphatic heterocycles. The van der Waals surface area contributed by atoms with E-state index in [1.807, 2.05) is 0 Å². The maximum absolute atomic E-state index is 10.8. The number of carbonyl (C=O) groups is 1. The molecule has 0 heterocycles. The van der Waals surface area contributed by atoms with Crippen molar-refractivity contribution in [2.45, 2.75) is 41.8 Å². The number of alkyl halides is 1. The summed E-state index contributed by atoms with van der Waals surface area (Å²) in [5.74, 6) is 0. The predicted molar refractivity (Wildman–Crippen MR) is 58.3 cm³/mol. The lowest BCUT2D eigenvalue weighted by atomic mass is 10.0. The molecule has 0 spiro atoms. The standard InChI is InChI=1S/C8H13IOS/c1-6(10)11-8-4-2-7(9)3-5-8/h7-8H,2-5H2,1H3. The van der Waals surface area contributed by atoms with E-state index in [-0.39, 0.29) is 5.12 Å². The number of hydrogen-bond donors (Lipinski definition) is 0. The molecule has 1 rings (SSSR count). The van der Waals surface area contributed by atoms with Crippen LogP contribution in [0.15, 0.2) is 0 Å². The van der Waals surface area contributed by atoms with Gasteiger partial charge in [-0.2, -0.15) is 0 Å². The molecular formula is C8H13IOS. The van der Waals surface area contributed by atoms with Crippen molar-refractivity contribution in [2.24, 2.45) is 0 Å². The minimum atomic E-state index is 0.280. The van der Waals surface area contributed by atoms with Crippen LogP contribution < -0.4 is 0 Å². The Morgan fingerprint density at radius 3 is 2.36 bits per heavy atom. The van der Waals surface area contributed by atoms with Crippen molar-refractivity contribution in [3.05, 3.63) is 0 Å². The van der Waals surface area contributed by atoms with Crippen molar-refractivity contribution < 1.29 is 4.79 Å². The van der Waals surface area contributed by atoms with Gasteiger partial charge in [0.2, 0.25) is 0 Å². The van der Waals surface area contributed by atoms with Crippen LogP contribution in [0, 0.1) is 0 Å². The molecule has 0 bridgehead atoms. The first-order valence-electron chi connectivity index (χ1n) is 4.00.